The molecule has 3 rings (SSSR count). The smallest absolute Gasteiger partial charge is 0.146 e. The van der Waals surface area contributed by atoms with Crippen LogP contribution in [0.4, 0.5) is 5.69 Å². The van der Waals surface area contributed by atoms with Gasteiger partial charge in [0.15, 0.2) is 0 Å². The third-order valence-corrected chi connectivity index (χ3v) is 3.56. The second-order valence-electron chi connectivity index (χ2n) is 4.80. The summed E-state index contributed by atoms with van der Waals surface area (Å²) < 4.78 is 1.96. The van der Waals surface area contributed by atoms with Gasteiger partial charge in [-0.05, 0) is 23.6 Å². The molecule has 1 aliphatic heterocycles. The maximum absolute atomic E-state index is 6.05. The number of nitrogens with zero attached hydrogens (tertiary/aromatic N) is 4. The molecule has 5 nitrogen and oxygen atoms in total. The van der Waals surface area contributed by atoms with Gasteiger partial charge in [0.1, 0.15) is 12.2 Å². The lowest BCUT2D eigenvalue weighted by Crippen LogP contribution is -2.31. The van der Waals surface area contributed by atoms with E-state index in [1.807, 2.05) is 23.7 Å². The Morgan fingerprint density at radius 1 is 1.39 bits per heavy atom. The molecule has 2 aromatic rings. The number of nitrogen functional groups attached to an aromatic ring is 1. The van der Waals surface area contributed by atoms with Crippen molar-refractivity contribution in [2.45, 2.75) is 19.5 Å². The maximum atomic E-state index is 6.05. The number of aryl methyl sites for hydroxylation is 1. The van der Waals surface area contributed by atoms with E-state index in [1.165, 1.54) is 11.1 Å². The van der Waals surface area contributed by atoms with Gasteiger partial charge in [-0.15, -0.1) is 10.2 Å². The van der Waals surface area contributed by atoms with Crippen molar-refractivity contribution in [1.82, 2.24) is 19.7 Å². The van der Waals surface area contributed by atoms with E-state index in [0.29, 0.717) is 0 Å². The Morgan fingerprint density at radius 3 is 3.06 bits per heavy atom. The number of fused-ring (bicyclic) bond motifs is 1. The molecule has 1 aromatic heterocycles. The highest BCUT2D eigenvalue weighted by atomic mass is 15.3. The first-order chi connectivity index (χ1) is 8.74. The van der Waals surface area contributed by atoms with Crippen molar-refractivity contribution < 1.29 is 0 Å². The third kappa shape index (κ3) is 1.97. The summed E-state index contributed by atoms with van der Waals surface area (Å²) >= 11 is 0. The molecule has 0 spiro atoms. The molecule has 0 bridgehead atoms. The first-order valence-electron chi connectivity index (χ1n) is 6.15. The predicted molar refractivity (Wildman–Crippen MR) is 69.7 cm³/mol. The molecule has 1 aromatic carbocycles. The zero-order chi connectivity index (χ0) is 12.5. The second-order valence-corrected chi connectivity index (χ2v) is 4.80. The Morgan fingerprint density at radius 2 is 2.28 bits per heavy atom. The van der Waals surface area contributed by atoms with E-state index in [2.05, 4.69) is 21.2 Å². The molecule has 5 heteroatoms. The number of nitrogens with two attached hydrogens (primary N) is 1. The highest BCUT2D eigenvalue weighted by Crippen LogP contribution is 2.24. The first-order valence-corrected chi connectivity index (χ1v) is 6.15. The first kappa shape index (κ1) is 11.2. The molecule has 2 heterocycles. The van der Waals surface area contributed by atoms with Gasteiger partial charge in [-0.3, -0.25) is 4.90 Å². The molecular formula is C13H17N5. The topological polar surface area (TPSA) is 60.0 Å². The van der Waals surface area contributed by atoms with Crippen LogP contribution in [0.1, 0.15) is 17.0 Å². The van der Waals surface area contributed by atoms with Gasteiger partial charge in [0.25, 0.3) is 0 Å². The lowest BCUT2D eigenvalue weighted by molar-refractivity contribution is 0.237. The zero-order valence-corrected chi connectivity index (χ0v) is 10.5. The highest BCUT2D eigenvalue weighted by molar-refractivity contribution is 5.51. The molecule has 0 saturated heterocycles. The minimum atomic E-state index is 0.824. The van der Waals surface area contributed by atoms with Gasteiger partial charge in [-0.1, -0.05) is 12.1 Å². The minimum absolute atomic E-state index is 0.824. The van der Waals surface area contributed by atoms with Crippen LogP contribution in [0.15, 0.2) is 24.5 Å². The monoisotopic (exact) mass is 243 g/mol. The van der Waals surface area contributed by atoms with E-state index in [0.717, 1.165) is 37.6 Å². The van der Waals surface area contributed by atoms with E-state index in [9.17, 15) is 0 Å². The van der Waals surface area contributed by atoms with E-state index in [-0.39, 0.29) is 0 Å². The van der Waals surface area contributed by atoms with Gasteiger partial charge >= 0.3 is 0 Å². The Bertz CT molecular complexity index is 560. The molecule has 0 unspecified atom stereocenters. The molecule has 0 saturated carbocycles. The van der Waals surface area contributed by atoms with Crippen LogP contribution in [-0.4, -0.2) is 26.2 Å². The largest absolute Gasteiger partial charge is 0.398 e. The summed E-state index contributed by atoms with van der Waals surface area (Å²) in [6.45, 7) is 2.77. The van der Waals surface area contributed by atoms with Crippen LogP contribution in [0.25, 0.3) is 0 Å². The van der Waals surface area contributed by atoms with Crippen molar-refractivity contribution in [3.05, 3.63) is 41.5 Å². The van der Waals surface area contributed by atoms with Gasteiger partial charge in [0.2, 0.25) is 0 Å². The molecular weight excluding hydrogens is 226 g/mol. The highest BCUT2D eigenvalue weighted by Gasteiger charge is 2.19. The molecule has 0 aliphatic carbocycles. The fraction of sp³-hybridized carbons (Fsp3) is 0.385. The number of rotatable bonds is 2. The molecule has 0 fully saturated rings. The molecule has 94 valence electrons. The summed E-state index contributed by atoms with van der Waals surface area (Å²) in [6, 6.07) is 6.18. The van der Waals surface area contributed by atoms with Crippen molar-refractivity contribution in [3.63, 3.8) is 0 Å². The van der Waals surface area contributed by atoms with Crippen molar-refractivity contribution in [2.24, 2.45) is 7.05 Å². The van der Waals surface area contributed by atoms with Crippen molar-refractivity contribution in [2.75, 3.05) is 12.3 Å². The van der Waals surface area contributed by atoms with Crippen LogP contribution < -0.4 is 5.73 Å². The summed E-state index contributed by atoms with van der Waals surface area (Å²) in [4.78, 5) is 2.36. The van der Waals surface area contributed by atoms with Gasteiger partial charge < -0.3 is 10.3 Å². The van der Waals surface area contributed by atoms with Crippen LogP contribution in [0.2, 0.25) is 0 Å². The number of aromatic nitrogens is 3. The summed E-state index contributed by atoms with van der Waals surface area (Å²) in [5.74, 6) is 0.993. The quantitative estimate of drug-likeness (QED) is 0.798. The lowest BCUT2D eigenvalue weighted by atomic mass is 9.98. The van der Waals surface area contributed by atoms with Gasteiger partial charge in [-0.2, -0.15) is 0 Å². The lowest BCUT2D eigenvalue weighted by Gasteiger charge is -2.29. The Hall–Kier alpha value is -1.88. The van der Waals surface area contributed by atoms with Gasteiger partial charge in [0.05, 0.1) is 6.54 Å². The number of benzene rings is 1. The van der Waals surface area contributed by atoms with Crippen molar-refractivity contribution in [1.29, 1.82) is 0 Å². The normalized spacial score (nSPS) is 15.6. The van der Waals surface area contributed by atoms with E-state index < -0.39 is 0 Å². The number of hydrogen-bond donors (Lipinski definition) is 1. The summed E-state index contributed by atoms with van der Waals surface area (Å²) in [6.07, 6.45) is 2.79. The molecule has 0 radical (unpaired) electrons. The fourth-order valence-electron chi connectivity index (χ4n) is 2.45. The van der Waals surface area contributed by atoms with Gasteiger partial charge in [0, 0.05) is 25.8 Å². The SMILES string of the molecule is Cn1cnnc1CN1CCc2cccc(N)c2C1. The minimum Gasteiger partial charge on any atom is -0.398 e. The van der Waals surface area contributed by atoms with Crippen LogP contribution >= 0.6 is 0 Å². The summed E-state index contributed by atoms with van der Waals surface area (Å²) in [7, 11) is 1.97. The summed E-state index contributed by atoms with van der Waals surface area (Å²) in [5, 5.41) is 8.04. The molecule has 2 N–H and O–H groups in total. The average Bonchev–Trinajstić information content (AvgIpc) is 2.76. The maximum Gasteiger partial charge on any atom is 0.146 e. The summed E-state index contributed by atoms with van der Waals surface area (Å²) in [5.41, 5.74) is 9.59. The Kier molecular flexibility index (Phi) is 2.76. The van der Waals surface area contributed by atoms with E-state index in [1.54, 1.807) is 6.33 Å². The van der Waals surface area contributed by atoms with E-state index in [4.69, 9.17) is 5.73 Å². The number of anilines is 1. The standard InChI is InChI=1S/C13H17N5/c1-17-9-15-16-13(17)8-18-6-5-10-3-2-4-12(14)11(10)7-18/h2-4,9H,5-8,14H2,1H3. The average molecular weight is 243 g/mol. The Balaban J connectivity index is 1.79. The number of hydrogen-bond acceptors (Lipinski definition) is 4. The molecule has 0 atom stereocenters. The van der Waals surface area contributed by atoms with Crippen LogP contribution in [0.5, 0.6) is 0 Å². The van der Waals surface area contributed by atoms with Crippen LogP contribution in [0, 0.1) is 0 Å². The van der Waals surface area contributed by atoms with Crippen molar-refractivity contribution in [3.8, 4) is 0 Å². The molecule has 1 aliphatic rings. The van der Waals surface area contributed by atoms with Crippen LogP contribution in [-0.2, 0) is 26.6 Å². The Labute approximate surface area is 106 Å². The third-order valence-electron chi connectivity index (χ3n) is 3.56. The predicted octanol–water partition coefficient (Wildman–Crippen LogP) is 0.956. The van der Waals surface area contributed by atoms with Crippen LogP contribution in [0.3, 0.4) is 0 Å². The second kappa shape index (κ2) is 4.42. The molecule has 18 heavy (non-hydrogen) atoms. The van der Waals surface area contributed by atoms with Gasteiger partial charge in [-0.25, -0.2) is 0 Å². The molecule has 0 amide bonds. The van der Waals surface area contributed by atoms with E-state index >= 15 is 0 Å². The van der Waals surface area contributed by atoms with Crippen molar-refractivity contribution >= 4 is 5.69 Å². The fourth-order valence-corrected chi connectivity index (χ4v) is 2.45. The zero-order valence-electron chi connectivity index (χ0n) is 10.5.